The first-order valence-electron chi connectivity index (χ1n) is 7.63. The average Bonchev–Trinajstić information content (AvgIpc) is 3.08. The number of carbonyl (C=O) groups is 2. The van der Waals surface area contributed by atoms with E-state index in [1.165, 1.54) is 0 Å². The Morgan fingerprint density at radius 3 is 2.52 bits per heavy atom. The van der Waals surface area contributed by atoms with Crippen LogP contribution in [0.1, 0.15) is 12.0 Å². The van der Waals surface area contributed by atoms with E-state index in [1.54, 1.807) is 24.3 Å². The number of imide groups is 1. The van der Waals surface area contributed by atoms with Gasteiger partial charge in [0.25, 0.3) is 5.91 Å². The fourth-order valence-corrected chi connectivity index (χ4v) is 3.53. The summed E-state index contributed by atoms with van der Waals surface area (Å²) in [5.41, 5.74) is 2.67. The molecule has 1 N–H and O–H groups in total. The van der Waals surface area contributed by atoms with Gasteiger partial charge in [0.15, 0.2) is 0 Å². The summed E-state index contributed by atoms with van der Waals surface area (Å²) in [5, 5.41) is 1.74. The molecule has 3 aromatic rings. The Balaban J connectivity index is 1.74. The van der Waals surface area contributed by atoms with Gasteiger partial charge in [0.1, 0.15) is 0 Å². The number of hydrogen-bond acceptors (Lipinski definition) is 2. The van der Waals surface area contributed by atoms with Crippen molar-refractivity contribution in [1.82, 2.24) is 4.98 Å². The summed E-state index contributed by atoms with van der Waals surface area (Å²) in [4.78, 5) is 29.4. The highest BCUT2D eigenvalue weighted by molar-refractivity contribution is 6.36. The number of rotatable bonds is 2. The molecule has 2 heterocycles. The average molecular weight is 371 g/mol. The molecule has 2 aromatic carbocycles. The van der Waals surface area contributed by atoms with E-state index in [9.17, 15) is 9.59 Å². The third-order valence-corrected chi connectivity index (χ3v) is 4.56. The van der Waals surface area contributed by atoms with Crippen molar-refractivity contribution in [1.29, 1.82) is 0 Å². The van der Waals surface area contributed by atoms with Crippen molar-refractivity contribution in [2.24, 2.45) is 0 Å². The molecule has 1 saturated heterocycles. The van der Waals surface area contributed by atoms with Gasteiger partial charge >= 0.3 is 0 Å². The molecule has 124 valence electrons. The van der Waals surface area contributed by atoms with Crippen LogP contribution in [0.15, 0.2) is 54.2 Å². The second kappa shape index (κ2) is 6.06. The minimum atomic E-state index is -0.353. The molecule has 0 radical (unpaired) electrons. The van der Waals surface area contributed by atoms with Crippen LogP contribution in [0.2, 0.25) is 10.0 Å². The van der Waals surface area contributed by atoms with Crippen molar-refractivity contribution in [3.63, 3.8) is 0 Å². The standard InChI is InChI=1S/C19H12Cl2N2O2/c20-13-7-14(21)9-15(8-13)23-18(24)6-11(19(23)25)5-12-10-22-17-4-2-1-3-16(12)17/h1-5,7-10,22H,6H2/b11-5-. The van der Waals surface area contributed by atoms with Crippen LogP contribution in [-0.2, 0) is 9.59 Å². The summed E-state index contributed by atoms with van der Waals surface area (Å²) < 4.78 is 0. The van der Waals surface area contributed by atoms with Gasteiger partial charge in [-0.2, -0.15) is 0 Å². The number of benzene rings is 2. The van der Waals surface area contributed by atoms with Crippen LogP contribution in [-0.4, -0.2) is 16.8 Å². The van der Waals surface area contributed by atoms with Gasteiger partial charge in [-0.05, 0) is 30.3 Å². The molecule has 0 aliphatic carbocycles. The number of H-pyrrole nitrogens is 1. The van der Waals surface area contributed by atoms with Crippen LogP contribution in [0, 0.1) is 0 Å². The number of carbonyl (C=O) groups excluding carboxylic acids is 2. The van der Waals surface area contributed by atoms with E-state index in [4.69, 9.17) is 23.2 Å². The molecule has 0 atom stereocenters. The van der Waals surface area contributed by atoms with Crippen LogP contribution >= 0.6 is 23.2 Å². The number of nitrogens with one attached hydrogen (secondary N) is 1. The highest BCUT2D eigenvalue weighted by atomic mass is 35.5. The van der Waals surface area contributed by atoms with Gasteiger partial charge < -0.3 is 4.98 Å². The molecular weight excluding hydrogens is 359 g/mol. The van der Waals surface area contributed by atoms with Crippen molar-refractivity contribution < 1.29 is 9.59 Å². The van der Waals surface area contributed by atoms with E-state index in [0.717, 1.165) is 21.4 Å². The summed E-state index contributed by atoms with van der Waals surface area (Å²) in [5.74, 6) is -0.650. The number of aromatic amines is 1. The minimum Gasteiger partial charge on any atom is -0.361 e. The SMILES string of the molecule is O=C1C/C(=C/c2c[nH]c3ccccc23)C(=O)N1c1cc(Cl)cc(Cl)c1. The molecule has 4 rings (SSSR count). The molecule has 4 nitrogen and oxygen atoms in total. The van der Waals surface area contributed by atoms with Crippen LogP contribution in [0.3, 0.4) is 0 Å². The molecule has 1 aromatic heterocycles. The number of aromatic nitrogens is 1. The topological polar surface area (TPSA) is 53.2 Å². The fourth-order valence-electron chi connectivity index (χ4n) is 3.02. The molecule has 6 heteroatoms. The lowest BCUT2D eigenvalue weighted by molar-refractivity contribution is -0.120. The van der Waals surface area contributed by atoms with E-state index in [1.807, 2.05) is 30.5 Å². The Kier molecular flexibility index (Phi) is 3.86. The zero-order valence-corrected chi connectivity index (χ0v) is 14.4. The Hall–Kier alpha value is -2.56. The summed E-state index contributed by atoms with van der Waals surface area (Å²) in [7, 11) is 0. The normalized spacial score (nSPS) is 16.4. The van der Waals surface area contributed by atoms with Gasteiger partial charge in [0, 0.05) is 38.3 Å². The monoisotopic (exact) mass is 370 g/mol. The van der Waals surface area contributed by atoms with Gasteiger partial charge in [0.05, 0.1) is 12.1 Å². The number of halogens is 2. The highest BCUT2D eigenvalue weighted by Gasteiger charge is 2.35. The number of para-hydroxylation sites is 1. The van der Waals surface area contributed by atoms with E-state index >= 15 is 0 Å². The predicted octanol–water partition coefficient (Wildman–Crippen LogP) is 4.82. The summed E-state index contributed by atoms with van der Waals surface area (Å²) in [6.07, 6.45) is 3.63. The van der Waals surface area contributed by atoms with E-state index in [0.29, 0.717) is 21.3 Å². The van der Waals surface area contributed by atoms with Gasteiger partial charge in [-0.15, -0.1) is 0 Å². The van der Waals surface area contributed by atoms with E-state index in [2.05, 4.69) is 4.98 Å². The number of anilines is 1. The fraction of sp³-hybridized carbons (Fsp3) is 0.0526. The molecule has 0 bridgehead atoms. The molecule has 0 saturated carbocycles. The molecular formula is C19H12Cl2N2O2. The van der Waals surface area contributed by atoms with E-state index in [-0.39, 0.29) is 18.2 Å². The highest BCUT2D eigenvalue weighted by Crippen LogP contribution is 2.32. The lowest BCUT2D eigenvalue weighted by Crippen LogP contribution is -2.28. The van der Waals surface area contributed by atoms with Crippen molar-refractivity contribution in [3.8, 4) is 0 Å². The Labute approximate surface area is 153 Å². The third-order valence-electron chi connectivity index (χ3n) is 4.13. The molecule has 1 aliphatic heterocycles. The number of nitrogens with zero attached hydrogens (tertiary/aromatic N) is 1. The third kappa shape index (κ3) is 2.84. The number of fused-ring (bicyclic) bond motifs is 1. The summed E-state index contributed by atoms with van der Waals surface area (Å²) in [6, 6.07) is 12.5. The molecule has 1 fully saturated rings. The number of amides is 2. The van der Waals surface area contributed by atoms with Crippen LogP contribution in [0.25, 0.3) is 17.0 Å². The lowest BCUT2D eigenvalue weighted by Gasteiger charge is -2.14. The summed E-state index contributed by atoms with van der Waals surface area (Å²) in [6.45, 7) is 0. The first kappa shape index (κ1) is 15.9. The van der Waals surface area contributed by atoms with Crippen molar-refractivity contribution >= 4 is 57.7 Å². The molecule has 0 unspecified atom stereocenters. The Bertz CT molecular complexity index is 1030. The summed E-state index contributed by atoms with van der Waals surface area (Å²) >= 11 is 12.0. The van der Waals surface area contributed by atoms with Crippen LogP contribution < -0.4 is 4.90 Å². The molecule has 25 heavy (non-hydrogen) atoms. The predicted molar refractivity (Wildman–Crippen MR) is 99.8 cm³/mol. The smallest absolute Gasteiger partial charge is 0.261 e. The Morgan fingerprint density at radius 1 is 1.04 bits per heavy atom. The van der Waals surface area contributed by atoms with Gasteiger partial charge in [-0.1, -0.05) is 41.4 Å². The maximum atomic E-state index is 12.7. The molecule has 0 spiro atoms. The number of hydrogen-bond donors (Lipinski definition) is 1. The van der Waals surface area contributed by atoms with Crippen molar-refractivity contribution in [2.75, 3.05) is 4.90 Å². The van der Waals surface area contributed by atoms with Crippen LogP contribution in [0.5, 0.6) is 0 Å². The van der Waals surface area contributed by atoms with E-state index < -0.39 is 0 Å². The first-order valence-corrected chi connectivity index (χ1v) is 8.38. The zero-order valence-electron chi connectivity index (χ0n) is 12.9. The van der Waals surface area contributed by atoms with Gasteiger partial charge in [-0.25, -0.2) is 4.90 Å². The van der Waals surface area contributed by atoms with Crippen molar-refractivity contribution in [2.45, 2.75) is 6.42 Å². The van der Waals surface area contributed by atoms with Crippen LogP contribution in [0.4, 0.5) is 5.69 Å². The lowest BCUT2D eigenvalue weighted by atomic mass is 10.1. The maximum absolute atomic E-state index is 12.7. The first-order chi connectivity index (χ1) is 12.0. The molecule has 1 aliphatic rings. The van der Waals surface area contributed by atoms with Gasteiger partial charge in [0.2, 0.25) is 5.91 Å². The maximum Gasteiger partial charge on any atom is 0.261 e. The Morgan fingerprint density at radius 2 is 1.76 bits per heavy atom. The van der Waals surface area contributed by atoms with Crippen molar-refractivity contribution in [3.05, 3.63) is 69.8 Å². The second-order valence-electron chi connectivity index (χ2n) is 5.80. The quantitative estimate of drug-likeness (QED) is 0.519. The van der Waals surface area contributed by atoms with Gasteiger partial charge in [-0.3, -0.25) is 9.59 Å². The minimum absolute atomic E-state index is 0.0441. The molecule has 2 amide bonds. The largest absolute Gasteiger partial charge is 0.361 e. The zero-order chi connectivity index (χ0) is 17.6. The second-order valence-corrected chi connectivity index (χ2v) is 6.67.